The van der Waals surface area contributed by atoms with E-state index in [-0.39, 0.29) is 19.1 Å². The van der Waals surface area contributed by atoms with Crippen LogP contribution in [0.5, 0.6) is 0 Å². The minimum Gasteiger partial charge on any atom is -0.396 e. The Kier molecular flexibility index (Phi) is 4.03. The molecule has 0 radical (unpaired) electrons. The zero-order chi connectivity index (χ0) is 10.7. The van der Waals surface area contributed by atoms with E-state index in [1.807, 2.05) is 0 Å². The van der Waals surface area contributed by atoms with Gasteiger partial charge in [-0.2, -0.15) is 0 Å². The minimum atomic E-state index is -0.813. The van der Waals surface area contributed by atoms with Crippen molar-refractivity contribution in [1.29, 1.82) is 0 Å². The van der Waals surface area contributed by atoms with Gasteiger partial charge in [0.05, 0.1) is 12.7 Å². The van der Waals surface area contributed by atoms with Crippen molar-refractivity contribution in [3.05, 3.63) is 11.6 Å². The number of rotatable bonds is 3. The molecule has 0 unspecified atom stereocenters. The van der Waals surface area contributed by atoms with Gasteiger partial charge < -0.3 is 26.8 Å². The Hall–Kier alpha value is -0.460. The van der Waals surface area contributed by atoms with Crippen LogP contribution in [0.3, 0.4) is 0 Å². The van der Waals surface area contributed by atoms with Crippen LogP contribution in [0.25, 0.3) is 0 Å². The first-order valence-electron chi connectivity index (χ1n) is 4.71. The molecule has 5 heteroatoms. The molecule has 0 saturated heterocycles. The van der Waals surface area contributed by atoms with Crippen molar-refractivity contribution in [3.63, 3.8) is 0 Å². The highest BCUT2D eigenvalue weighted by Gasteiger charge is 2.36. The van der Waals surface area contributed by atoms with Crippen LogP contribution in [0, 0.1) is 11.8 Å². The molecule has 1 aliphatic rings. The van der Waals surface area contributed by atoms with Crippen LogP contribution >= 0.6 is 0 Å². The van der Waals surface area contributed by atoms with E-state index in [0.717, 1.165) is 5.57 Å². The van der Waals surface area contributed by atoms with Crippen LogP contribution in [0.2, 0.25) is 0 Å². The van der Waals surface area contributed by atoms with Crippen molar-refractivity contribution < 1.29 is 15.3 Å². The highest BCUT2D eigenvalue weighted by atomic mass is 16.3. The second-order valence-electron chi connectivity index (χ2n) is 3.65. The van der Waals surface area contributed by atoms with Gasteiger partial charge in [0.25, 0.3) is 0 Å². The Balaban J connectivity index is 2.91. The molecule has 0 aromatic heterocycles. The van der Waals surface area contributed by atoms with Crippen LogP contribution in [0.4, 0.5) is 0 Å². The van der Waals surface area contributed by atoms with Crippen LogP contribution in [0.15, 0.2) is 11.6 Å². The number of aliphatic hydroxyl groups excluding tert-OH is 3. The first-order chi connectivity index (χ1) is 6.65. The summed E-state index contributed by atoms with van der Waals surface area (Å²) >= 11 is 0. The second-order valence-corrected chi connectivity index (χ2v) is 3.65. The molecule has 0 fully saturated rings. The van der Waals surface area contributed by atoms with Crippen molar-refractivity contribution in [3.8, 4) is 0 Å². The maximum absolute atomic E-state index is 9.67. The zero-order valence-electron chi connectivity index (χ0n) is 8.00. The van der Waals surface area contributed by atoms with E-state index < -0.39 is 18.1 Å². The standard InChI is InChI=1S/C9H18N2O3/c10-2-5-1-8(11)9(14)7(4-13)6(5)3-12/h1,6-9,12-14H,2-4,10-11H2/t6-,7-,8-,9-/m0/s1. The summed E-state index contributed by atoms with van der Waals surface area (Å²) in [5, 5.41) is 27.9. The van der Waals surface area contributed by atoms with E-state index in [9.17, 15) is 5.11 Å². The van der Waals surface area contributed by atoms with Gasteiger partial charge in [-0.15, -0.1) is 0 Å². The summed E-state index contributed by atoms with van der Waals surface area (Å²) in [6.07, 6.45) is 0.866. The average molecular weight is 202 g/mol. The van der Waals surface area contributed by atoms with E-state index >= 15 is 0 Å². The first-order valence-corrected chi connectivity index (χ1v) is 4.71. The monoisotopic (exact) mass is 202 g/mol. The van der Waals surface area contributed by atoms with Crippen molar-refractivity contribution in [1.82, 2.24) is 0 Å². The van der Waals surface area contributed by atoms with Gasteiger partial charge in [0.2, 0.25) is 0 Å². The molecule has 0 saturated carbocycles. The highest BCUT2D eigenvalue weighted by molar-refractivity contribution is 5.20. The maximum Gasteiger partial charge on any atom is 0.0783 e. The van der Waals surface area contributed by atoms with E-state index in [2.05, 4.69) is 0 Å². The Morgan fingerprint density at radius 1 is 1.29 bits per heavy atom. The fourth-order valence-electron chi connectivity index (χ4n) is 1.98. The molecule has 0 spiro atoms. The van der Waals surface area contributed by atoms with Gasteiger partial charge in [-0.25, -0.2) is 0 Å². The fraction of sp³-hybridized carbons (Fsp3) is 0.778. The Bertz CT molecular complexity index is 220. The van der Waals surface area contributed by atoms with Gasteiger partial charge in [-0.3, -0.25) is 0 Å². The Morgan fingerprint density at radius 3 is 2.36 bits per heavy atom. The van der Waals surface area contributed by atoms with Gasteiger partial charge in [0.15, 0.2) is 0 Å². The summed E-state index contributed by atoms with van der Waals surface area (Å²) in [6, 6.07) is -0.506. The number of aliphatic hydroxyl groups is 3. The minimum absolute atomic E-state index is 0.127. The third kappa shape index (κ3) is 1.97. The van der Waals surface area contributed by atoms with Gasteiger partial charge in [-0.05, 0) is 0 Å². The molecule has 0 amide bonds. The quantitative estimate of drug-likeness (QED) is 0.333. The Labute approximate surface area is 83.0 Å². The lowest BCUT2D eigenvalue weighted by atomic mass is 9.75. The fourth-order valence-corrected chi connectivity index (χ4v) is 1.98. The SMILES string of the molecule is NCC1=C[C@H](N)[C@@H](O)[C@@H](CO)[C@H]1CO. The largest absolute Gasteiger partial charge is 0.396 e. The predicted octanol–water partition coefficient (Wildman–Crippen LogP) is -2.21. The van der Waals surface area contributed by atoms with Crippen molar-refractivity contribution in [2.24, 2.45) is 23.3 Å². The average Bonchev–Trinajstić information content (AvgIpc) is 2.20. The summed E-state index contributed by atoms with van der Waals surface area (Å²) in [5.41, 5.74) is 12.0. The molecule has 1 aliphatic carbocycles. The molecular weight excluding hydrogens is 184 g/mol. The van der Waals surface area contributed by atoms with Gasteiger partial charge >= 0.3 is 0 Å². The van der Waals surface area contributed by atoms with E-state index in [1.165, 1.54) is 0 Å². The van der Waals surface area contributed by atoms with Crippen molar-refractivity contribution >= 4 is 0 Å². The summed E-state index contributed by atoms with van der Waals surface area (Å²) in [7, 11) is 0. The molecule has 4 atom stereocenters. The van der Waals surface area contributed by atoms with Crippen LogP contribution in [0.1, 0.15) is 0 Å². The molecular formula is C9H18N2O3. The molecule has 0 aliphatic heterocycles. The lowest BCUT2D eigenvalue weighted by Gasteiger charge is -2.36. The van der Waals surface area contributed by atoms with E-state index in [4.69, 9.17) is 21.7 Å². The van der Waals surface area contributed by atoms with Crippen LogP contribution < -0.4 is 11.5 Å². The maximum atomic E-state index is 9.67. The molecule has 14 heavy (non-hydrogen) atoms. The van der Waals surface area contributed by atoms with Crippen molar-refractivity contribution in [2.45, 2.75) is 12.1 Å². The molecule has 0 heterocycles. The molecule has 5 nitrogen and oxygen atoms in total. The highest BCUT2D eigenvalue weighted by Crippen LogP contribution is 2.29. The summed E-state index contributed by atoms with van der Waals surface area (Å²) < 4.78 is 0. The van der Waals surface area contributed by atoms with Crippen LogP contribution in [-0.4, -0.2) is 47.2 Å². The van der Waals surface area contributed by atoms with Gasteiger partial charge in [0, 0.05) is 31.0 Å². The lowest BCUT2D eigenvalue weighted by molar-refractivity contribution is 0.00983. The first kappa shape index (κ1) is 11.6. The third-order valence-electron chi connectivity index (χ3n) is 2.88. The normalized spacial score (nSPS) is 38.2. The van der Waals surface area contributed by atoms with E-state index in [1.54, 1.807) is 6.08 Å². The predicted molar refractivity (Wildman–Crippen MR) is 52.3 cm³/mol. The second kappa shape index (κ2) is 4.86. The molecule has 0 aromatic rings. The topological polar surface area (TPSA) is 113 Å². The molecule has 1 rings (SSSR count). The number of hydrogen-bond acceptors (Lipinski definition) is 5. The summed E-state index contributed by atoms with van der Waals surface area (Å²) in [4.78, 5) is 0. The third-order valence-corrected chi connectivity index (χ3v) is 2.88. The summed E-state index contributed by atoms with van der Waals surface area (Å²) in [6.45, 7) is -0.0301. The van der Waals surface area contributed by atoms with Gasteiger partial charge in [-0.1, -0.05) is 11.6 Å². The molecule has 82 valence electrons. The Morgan fingerprint density at radius 2 is 1.93 bits per heavy atom. The summed E-state index contributed by atoms with van der Waals surface area (Å²) in [5.74, 6) is -0.696. The lowest BCUT2D eigenvalue weighted by Crippen LogP contribution is -2.49. The number of hydrogen-bond donors (Lipinski definition) is 5. The molecule has 7 N–H and O–H groups in total. The zero-order valence-corrected chi connectivity index (χ0v) is 8.00. The van der Waals surface area contributed by atoms with Crippen molar-refractivity contribution in [2.75, 3.05) is 19.8 Å². The van der Waals surface area contributed by atoms with Gasteiger partial charge in [0.1, 0.15) is 0 Å². The van der Waals surface area contributed by atoms with E-state index in [0.29, 0.717) is 6.54 Å². The smallest absolute Gasteiger partial charge is 0.0783 e. The molecule has 0 bridgehead atoms. The van der Waals surface area contributed by atoms with Crippen LogP contribution in [-0.2, 0) is 0 Å². The number of nitrogens with two attached hydrogens (primary N) is 2. The molecule has 0 aromatic carbocycles.